The Morgan fingerprint density at radius 3 is 2.26 bits per heavy atom. The number of benzene rings is 1. The molecule has 0 aliphatic heterocycles. The van der Waals surface area contributed by atoms with Gasteiger partial charge in [0.1, 0.15) is 0 Å². The van der Waals surface area contributed by atoms with Gasteiger partial charge in [-0.15, -0.1) is 0 Å². The number of rotatable bonds is 5. The molecule has 0 unspecified atom stereocenters. The number of aliphatic hydroxyl groups is 2. The van der Waals surface area contributed by atoms with Crippen LogP contribution in [0.15, 0.2) is 29.8 Å². The molecule has 0 aliphatic rings. The van der Waals surface area contributed by atoms with Crippen LogP contribution in [0.25, 0.3) is 6.08 Å². The summed E-state index contributed by atoms with van der Waals surface area (Å²) in [5, 5.41) is 20.9. The molecule has 19 heavy (non-hydrogen) atoms. The largest absolute Gasteiger partial charge is 0.394 e. The van der Waals surface area contributed by atoms with Gasteiger partial charge in [0.15, 0.2) is 0 Å². The molecular weight excluding hydrogens is 242 g/mol. The predicted molar refractivity (Wildman–Crippen MR) is 75.5 cm³/mol. The van der Waals surface area contributed by atoms with Crippen LogP contribution in [0, 0.1) is 6.92 Å². The molecule has 4 heteroatoms. The molecule has 104 valence electrons. The molecule has 0 saturated carbocycles. The summed E-state index contributed by atoms with van der Waals surface area (Å²) in [7, 11) is 0. The first-order valence-corrected chi connectivity index (χ1v) is 6.19. The number of aliphatic hydroxyl groups excluding tert-OH is 2. The Balaban J connectivity index is 2.79. The third-order valence-corrected chi connectivity index (χ3v) is 2.93. The molecular formula is C15H21NO3. The number of hydrogen-bond acceptors (Lipinski definition) is 3. The van der Waals surface area contributed by atoms with Gasteiger partial charge in [-0.25, -0.2) is 0 Å². The summed E-state index contributed by atoms with van der Waals surface area (Å²) in [6.45, 7) is 4.66. The van der Waals surface area contributed by atoms with Crippen LogP contribution < -0.4 is 5.32 Å². The molecule has 1 aromatic carbocycles. The summed E-state index contributed by atoms with van der Waals surface area (Å²) in [6, 6.07) is 7.82. The molecule has 4 nitrogen and oxygen atoms in total. The summed E-state index contributed by atoms with van der Waals surface area (Å²) in [5.41, 5.74) is 1.62. The molecule has 0 radical (unpaired) electrons. The van der Waals surface area contributed by atoms with E-state index in [1.807, 2.05) is 31.2 Å². The van der Waals surface area contributed by atoms with Gasteiger partial charge in [-0.05, 0) is 32.4 Å². The summed E-state index contributed by atoms with van der Waals surface area (Å²) in [6.07, 6.45) is 1.77. The van der Waals surface area contributed by atoms with Gasteiger partial charge in [0, 0.05) is 5.57 Å². The van der Waals surface area contributed by atoms with E-state index in [0.29, 0.717) is 5.57 Å². The van der Waals surface area contributed by atoms with Crippen LogP contribution in [0.1, 0.15) is 25.0 Å². The standard InChI is InChI=1S/C15H21NO3/c1-11-4-6-13(7-5-11)8-12(2)14(19)16-15(3,9-17)10-18/h4-8,17-18H,9-10H2,1-3H3,(H,16,19)/b12-8-. The van der Waals surface area contributed by atoms with E-state index in [1.54, 1.807) is 19.9 Å². The van der Waals surface area contributed by atoms with Crippen molar-refractivity contribution in [1.29, 1.82) is 0 Å². The van der Waals surface area contributed by atoms with Crippen LogP contribution in [-0.4, -0.2) is 34.9 Å². The Kier molecular flexibility index (Phi) is 5.27. The van der Waals surface area contributed by atoms with Crippen LogP contribution in [0.2, 0.25) is 0 Å². The minimum Gasteiger partial charge on any atom is -0.394 e. The van der Waals surface area contributed by atoms with Crippen molar-refractivity contribution >= 4 is 12.0 Å². The van der Waals surface area contributed by atoms with Crippen molar-refractivity contribution in [2.24, 2.45) is 0 Å². The van der Waals surface area contributed by atoms with Crippen molar-refractivity contribution in [2.45, 2.75) is 26.3 Å². The molecule has 1 rings (SSSR count). The lowest BCUT2D eigenvalue weighted by molar-refractivity contribution is -0.120. The Hall–Kier alpha value is -1.65. The first-order chi connectivity index (χ1) is 8.90. The van der Waals surface area contributed by atoms with Crippen LogP contribution >= 0.6 is 0 Å². The monoisotopic (exact) mass is 263 g/mol. The van der Waals surface area contributed by atoms with E-state index in [-0.39, 0.29) is 19.1 Å². The third kappa shape index (κ3) is 4.50. The van der Waals surface area contributed by atoms with Gasteiger partial charge in [0.25, 0.3) is 0 Å². The minimum absolute atomic E-state index is 0.300. The molecule has 0 saturated heterocycles. The number of carbonyl (C=O) groups excluding carboxylic acids is 1. The van der Waals surface area contributed by atoms with Gasteiger partial charge in [-0.3, -0.25) is 4.79 Å². The van der Waals surface area contributed by atoms with Crippen molar-refractivity contribution in [2.75, 3.05) is 13.2 Å². The highest BCUT2D eigenvalue weighted by Gasteiger charge is 2.24. The first kappa shape index (κ1) is 15.4. The average molecular weight is 263 g/mol. The van der Waals surface area contributed by atoms with Crippen molar-refractivity contribution in [3.8, 4) is 0 Å². The second kappa shape index (κ2) is 6.50. The van der Waals surface area contributed by atoms with Gasteiger partial charge >= 0.3 is 0 Å². The Labute approximate surface area is 113 Å². The lowest BCUT2D eigenvalue weighted by Gasteiger charge is -2.26. The van der Waals surface area contributed by atoms with E-state index in [1.165, 1.54) is 0 Å². The van der Waals surface area contributed by atoms with Crippen LogP contribution in [0.4, 0.5) is 0 Å². The van der Waals surface area contributed by atoms with Gasteiger partial charge in [0.2, 0.25) is 5.91 Å². The topological polar surface area (TPSA) is 69.6 Å². The van der Waals surface area contributed by atoms with E-state index >= 15 is 0 Å². The van der Waals surface area contributed by atoms with Crippen molar-refractivity contribution in [3.63, 3.8) is 0 Å². The lowest BCUT2D eigenvalue weighted by Crippen LogP contribution is -2.52. The summed E-state index contributed by atoms with van der Waals surface area (Å²) < 4.78 is 0. The van der Waals surface area contributed by atoms with E-state index in [2.05, 4.69) is 5.32 Å². The third-order valence-electron chi connectivity index (χ3n) is 2.93. The molecule has 1 aromatic rings. The average Bonchev–Trinajstić information content (AvgIpc) is 2.41. The highest BCUT2D eigenvalue weighted by atomic mass is 16.3. The minimum atomic E-state index is -1.00. The fraction of sp³-hybridized carbons (Fsp3) is 0.400. The van der Waals surface area contributed by atoms with Crippen LogP contribution in [0.5, 0.6) is 0 Å². The highest BCUT2D eigenvalue weighted by Crippen LogP contribution is 2.10. The van der Waals surface area contributed by atoms with E-state index < -0.39 is 5.54 Å². The van der Waals surface area contributed by atoms with Crippen molar-refractivity contribution < 1.29 is 15.0 Å². The molecule has 1 amide bonds. The predicted octanol–water partition coefficient (Wildman–Crippen LogP) is 1.26. The van der Waals surface area contributed by atoms with Crippen molar-refractivity contribution in [3.05, 3.63) is 41.0 Å². The number of aryl methyl sites for hydroxylation is 1. The zero-order chi connectivity index (χ0) is 14.5. The Morgan fingerprint density at radius 1 is 1.26 bits per heavy atom. The number of hydrogen-bond donors (Lipinski definition) is 3. The second-order valence-corrected chi connectivity index (χ2v) is 5.07. The maximum atomic E-state index is 11.9. The summed E-state index contributed by atoms with van der Waals surface area (Å²) in [4.78, 5) is 11.9. The van der Waals surface area contributed by atoms with Gasteiger partial charge in [-0.1, -0.05) is 29.8 Å². The Morgan fingerprint density at radius 2 is 1.79 bits per heavy atom. The molecule has 0 aromatic heterocycles. The zero-order valence-electron chi connectivity index (χ0n) is 11.6. The maximum absolute atomic E-state index is 11.9. The van der Waals surface area contributed by atoms with E-state index in [4.69, 9.17) is 10.2 Å². The molecule has 0 fully saturated rings. The molecule has 0 heterocycles. The zero-order valence-corrected chi connectivity index (χ0v) is 11.6. The fourth-order valence-corrected chi connectivity index (χ4v) is 1.48. The maximum Gasteiger partial charge on any atom is 0.247 e. The van der Waals surface area contributed by atoms with E-state index in [0.717, 1.165) is 11.1 Å². The molecule has 0 aliphatic carbocycles. The number of carbonyl (C=O) groups is 1. The SMILES string of the molecule is C/C(=C/c1ccc(C)cc1)C(=O)NC(C)(CO)CO. The summed E-state index contributed by atoms with van der Waals surface area (Å²) in [5.74, 6) is -0.300. The smallest absolute Gasteiger partial charge is 0.247 e. The summed E-state index contributed by atoms with van der Waals surface area (Å²) >= 11 is 0. The molecule has 3 N–H and O–H groups in total. The lowest BCUT2D eigenvalue weighted by atomic mass is 10.0. The van der Waals surface area contributed by atoms with E-state index in [9.17, 15) is 4.79 Å². The van der Waals surface area contributed by atoms with Gasteiger partial charge in [0.05, 0.1) is 18.8 Å². The quantitative estimate of drug-likeness (QED) is 0.700. The normalized spacial score (nSPS) is 12.4. The van der Waals surface area contributed by atoms with Crippen LogP contribution in [-0.2, 0) is 4.79 Å². The number of amides is 1. The van der Waals surface area contributed by atoms with Gasteiger partial charge in [-0.2, -0.15) is 0 Å². The van der Waals surface area contributed by atoms with Crippen molar-refractivity contribution in [1.82, 2.24) is 5.32 Å². The Bertz CT molecular complexity index is 459. The first-order valence-electron chi connectivity index (χ1n) is 6.19. The number of nitrogens with one attached hydrogen (secondary N) is 1. The second-order valence-electron chi connectivity index (χ2n) is 5.07. The fourth-order valence-electron chi connectivity index (χ4n) is 1.48. The molecule has 0 bridgehead atoms. The van der Waals surface area contributed by atoms with Crippen LogP contribution in [0.3, 0.4) is 0 Å². The molecule has 0 spiro atoms. The van der Waals surface area contributed by atoms with Gasteiger partial charge < -0.3 is 15.5 Å². The highest BCUT2D eigenvalue weighted by molar-refractivity contribution is 5.97. The molecule has 0 atom stereocenters.